The van der Waals surface area contributed by atoms with Gasteiger partial charge in [0.05, 0.1) is 0 Å². The third-order valence-corrected chi connectivity index (χ3v) is 3.02. The molecule has 3 rings (SSSR count). The third-order valence-electron chi connectivity index (χ3n) is 3.02. The van der Waals surface area contributed by atoms with Crippen LogP contribution in [0.2, 0.25) is 0 Å². The Balaban J connectivity index is 1.89. The van der Waals surface area contributed by atoms with Gasteiger partial charge in [0.15, 0.2) is 0 Å². The summed E-state index contributed by atoms with van der Waals surface area (Å²) in [6, 6.07) is 15.6. The largest absolute Gasteiger partial charge is 0.508 e. The smallest absolute Gasteiger partial charge is 0.115 e. The van der Waals surface area contributed by atoms with Crippen molar-refractivity contribution >= 4 is 5.69 Å². The lowest BCUT2D eigenvalue weighted by molar-refractivity contribution is 0.472. The van der Waals surface area contributed by atoms with Gasteiger partial charge in [0.1, 0.15) is 11.9 Å². The first kappa shape index (κ1) is 10.2. The minimum absolute atomic E-state index is 0.0528. The van der Waals surface area contributed by atoms with Gasteiger partial charge in [0.2, 0.25) is 0 Å². The molecule has 0 fully saturated rings. The average Bonchev–Trinajstić information content (AvgIpc) is 2.38. The summed E-state index contributed by atoms with van der Waals surface area (Å²) in [5.41, 5.74) is 3.46. The zero-order valence-electron chi connectivity index (χ0n) is 9.35. The first-order valence-corrected chi connectivity index (χ1v) is 5.70. The second kappa shape index (κ2) is 4.11. The molecule has 1 atom stereocenters. The van der Waals surface area contributed by atoms with E-state index >= 15 is 0 Å². The zero-order chi connectivity index (χ0) is 11.7. The van der Waals surface area contributed by atoms with Gasteiger partial charge in [-0.3, -0.25) is 5.32 Å². The monoisotopic (exact) mass is 226 g/mol. The van der Waals surface area contributed by atoms with Crippen molar-refractivity contribution in [3.05, 3.63) is 59.7 Å². The maximum absolute atomic E-state index is 9.48. The Hall–Kier alpha value is -2.00. The molecule has 1 aliphatic heterocycles. The number of anilines is 1. The van der Waals surface area contributed by atoms with Crippen LogP contribution in [0.3, 0.4) is 0 Å². The van der Waals surface area contributed by atoms with E-state index in [4.69, 9.17) is 0 Å². The molecule has 1 heterocycles. The Labute approximate surface area is 100 Å². The molecule has 0 amide bonds. The van der Waals surface area contributed by atoms with E-state index in [9.17, 15) is 5.11 Å². The summed E-state index contributed by atoms with van der Waals surface area (Å²) in [6.45, 7) is 0.837. The number of nitrogens with one attached hydrogen (secondary N) is 2. The van der Waals surface area contributed by atoms with E-state index in [1.54, 1.807) is 12.1 Å². The standard InChI is InChI=1S/C14H14N2O/c17-12-6-3-5-10(8-12)14-15-9-11-4-1-2-7-13(11)16-14/h1-8,14-17H,9H2. The number of hydrogen-bond donors (Lipinski definition) is 3. The van der Waals surface area contributed by atoms with Crippen molar-refractivity contribution in [1.29, 1.82) is 0 Å². The molecule has 3 nitrogen and oxygen atoms in total. The van der Waals surface area contributed by atoms with Crippen molar-refractivity contribution < 1.29 is 5.11 Å². The summed E-state index contributed by atoms with van der Waals surface area (Å²) in [4.78, 5) is 0. The van der Waals surface area contributed by atoms with Crippen molar-refractivity contribution in [2.75, 3.05) is 5.32 Å². The summed E-state index contributed by atoms with van der Waals surface area (Å²) < 4.78 is 0. The number of hydrogen-bond acceptors (Lipinski definition) is 3. The molecule has 3 N–H and O–H groups in total. The molecule has 3 heteroatoms. The van der Waals surface area contributed by atoms with Crippen LogP contribution >= 0.6 is 0 Å². The lowest BCUT2D eigenvalue weighted by atomic mass is 10.1. The fourth-order valence-corrected chi connectivity index (χ4v) is 2.14. The molecule has 0 bridgehead atoms. The predicted octanol–water partition coefficient (Wildman–Crippen LogP) is 2.61. The van der Waals surface area contributed by atoms with Gasteiger partial charge in [-0.1, -0.05) is 30.3 Å². The maximum Gasteiger partial charge on any atom is 0.115 e. The lowest BCUT2D eigenvalue weighted by Gasteiger charge is -2.28. The summed E-state index contributed by atoms with van der Waals surface area (Å²) in [5.74, 6) is 0.296. The van der Waals surface area contributed by atoms with Crippen molar-refractivity contribution in [3.63, 3.8) is 0 Å². The molecule has 86 valence electrons. The minimum atomic E-state index is 0.0528. The molecule has 2 aromatic carbocycles. The summed E-state index contributed by atoms with van der Waals surface area (Å²) in [5, 5.41) is 16.3. The molecule has 2 aromatic rings. The van der Waals surface area contributed by atoms with Gasteiger partial charge in [-0.25, -0.2) is 0 Å². The van der Waals surface area contributed by atoms with Crippen molar-refractivity contribution in [1.82, 2.24) is 5.32 Å². The van der Waals surface area contributed by atoms with Gasteiger partial charge >= 0.3 is 0 Å². The molecule has 0 saturated heterocycles. The highest BCUT2D eigenvalue weighted by Gasteiger charge is 2.17. The summed E-state index contributed by atoms with van der Waals surface area (Å²) in [6.07, 6.45) is 0.0528. The Morgan fingerprint density at radius 1 is 1.06 bits per heavy atom. The molecule has 0 aromatic heterocycles. The van der Waals surface area contributed by atoms with E-state index in [1.165, 1.54) is 5.56 Å². The number of phenols is 1. The van der Waals surface area contributed by atoms with Gasteiger partial charge in [-0.05, 0) is 29.3 Å². The van der Waals surface area contributed by atoms with Crippen LogP contribution in [0, 0.1) is 0 Å². The SMILES string of the molecule is Oc1cccc(C2NCc3ccccc3N2)c1. The average molecular weight is 226 g/mol. The highest BCUT2D eigenvalue weighted by molar-refractivity contribution is 5.54. The lowest BCUT2D eigenvalue weighted by Crippen LogP contribution is -2.32. The molecule has 1 unspecified atom stereocenters. The molecular weight excluding hydrogens is 212 g/mol. The Kier molecular flexibility index (Phi) is 2.46. The number of phenolic OH excluding ortho intramolecular Hbond substituents is 1. The van der Waals surface area contributed by atoms with Gasteiger partial charge in [0.25, 0.3) is 0 Å². The van der Waals surface area contributed by atoms with E-state index in [0.29, 0.717) is 5.75 Å². The predicted molar refractivity (Wildman–Crippen MR) is 67.8 cm³/mol. The van der Waals surface area contributed by atoms with Crippen molar-refractivity contribution in [3.8, 4) is 5.75 Å². The molecule has 1 aliphatic rings. The van der Waals surface area contributed by atoms with E-state index in [-0.39, 0.29) is 6.17 Å². The topological polar surface area (TPSA) is 44.3 Å². The highest BCUT2D eigenvalue weighted by Crippen LogP contribution is 2.27. The van der Waals surface area contributed by atoms with Gasteiger partial charge in [-0.15, -0.1) is 0 Å². The zero-order valence-corrected chi connectivity index (χ0v) is 9.35. The van der Waals surface area contributed by atoms with Crippen LogP contribution in [0.1, 0.15) is 17.3 Å². The normalized spacial score (nSPS) is 18.2. The van der Waals surface area contributed by atoms with Crippen LogP contribution in [0.4, 0.5) is 5.69 Å². The Morgan fingerprint density at radius 3 is 2.82 bits per heavy atom. The van der Waals surface area contributed by atoms with E-state index in [2.05, 4.69) is 22.8 Å². The third kappa shape index (κ3) is 1.97. The van der Waals surface area contributed by atoms with Gasteiger partial charge in [-0.2, -0.15) is 0 Å². The highest BCUT2D eigenvalue weighted by atomic mass is 16.3. The Bertz CT molecular complexity index is 539. The van der Waals surface area contributed by atoms with Crippen LogP contribution in [-0.2, 0) is 6.54 Å². The number of aromatic hydroxyl groups is 1. The Morgan fingerprint density at radius 2 is 1.94 bits per heavy atom. The molecule has 17 heavy (non-hydrogen) atoms. The van der Waals surface area contributed by atoms with E-state index in [0.717, 1.165) is 17.8 Å². The van der Waals surface area contributed by atoms with E-state index < -0.39 is 0 Å². The number of fused-ring (bicyclic) bond motifs is 1. The second-order valence-corrected chi connectivity index (χ2v) is 4.21. The molecular formula is C14H14N2O. The number of rotatable bonds is 1. The molecule has 0 spiro atoms. The fourth-order valence-electron chi connectivity index (χ4n) is 2.14. The molecule has 0 saturated carbocycles. The summed E-state index contributed by atoms with van der Waals surface area (Å²) in [7, 11) is 0. The van der Waals surface area contributed by atoms with Crippen LogP contribution in [-0.4, -0.2) is 5.11 Å². The first-order valence-electron chi connectivity index (χ1n) is 5.70. The van der Waals surface area contributed by atoms with Crippen LogP contribution < -0.4 is 10.6 Å². The summed E-state index contributed by atoms with van der Waals surface area (Å²) >= 11 is 0. The van der Waals surface area contributed by atoms with Crippen LogP contribution in [0.25, 0.3) is 0 Å². The number of benzene rings is 2. The second-order valence-electron chi connectivity index (χ2n) is 4.21. The number of para-hydroxylation sites is 1. The van der Waals surface area contributed by atoms with Gasteiger partial charge in [0, 0.05) is 12.2 Å². The molecule has 0 radical (unpaired) electrons. The van der Waals surface area contributed by atoms with Crippen LogP contribution in [0.5, 0.6) is 5.75 Å². The maximum atomic E-state index is 9.48. The quantitative estimate of drug-likeness (QED) is 0.700. The molecule has 0 aliphatic carbocycles. The first-order chi connectivity index (χ1) is 8.33. The fraction of sp³-hybridized carbons (Fsp3) is 0.143. The van der Waals surface area contributed by atoms with E-state index in [1.807, 2.05) is 24.3 Å². The van der Waals surface area contributed by atoms with Crippen molar-refractivity contribution in [2.45, 2.75) is 12.7 Å². The van der Waals surface area contributed by atoms with Crippen molar-refractivity contribution in [2.24, 2.45) is 0 Å². The van der Waals surface area contributed by atoms with Gasteiger partial charge < -0.3 is 10.4 Å². The minimum Gasteiger partial charge on any atom is -0.508 e. The van der Waals surface area contributed by atoms with Crippen LogP contribution in [0.15, 0.2) is 48.5 Å².